The Bertz CT molecular complexity index is 742. The molecular formula is C21H28BrN3O3. The first-order valence-electron chi connectivity index (χ1n) is 10.0. The van der Waals surface area contributed by atoms with Gasteiger partial charge in [-0.15, -0.1) is 0 Å². The van der Waals surface area contributed by atoms with Crippen molar-refractivity contribution < 1.29 is 14.4 Å². The molecule has 1 heterocycles. The number of nitrogens with one attached hydrogen (secondary N) is 2. The van der Waals surface area contributed by atoms with Gasteiger partial charge in [-0.05, 0) is 62.6 Å². The molecule has 2 N–H and O–H groups in total. The molecule has 152 valence electrons. The summed E-state index contributed by atoms with van der Waals surface area (Å²) in [6.07, 6.45) is 4.98. The molecule has 2 fully saturated rings. The zero-order chi connectivity index (χ0) is 20.3. The molecule has 4 amide bonds. The number of hydrogen-bond donors (Lipinski definition) is 2. The molecule has 1 aromatic rings. The van der Waals surface area contributed by atoms with E-state index in [1.807, 2.05) is 31.2 Å². The second-order valence-corrected chi connectivity index (χ2v) is 8.97. The van der Waals surface area contributed by atoms with Gasteiger partial charge in [-0.25, -0.2) is 4.79 Å². The number of nitrogens with zero attached hydrogens (tertiary/aromatic N) is 1. The fourth-order valence-electron chi connectivity index (χ4n) is 4.23. The Balaban J connectivity index is 1.54. The molecule has 1 saturated carbocycles. The fourth-order valence-corrected chi connectivity index (χ4v) is 4.49. The summed E-state index contributed by atoms with van der Waals surface area (Å²) < 4.78 is 1.01. The summed E-state index contributed by atoms with van der Waals surface area (Å²) in [6, 6.07) is 7.38. The van der Waals surface area contributed by atoms with Crippen molar-refractivity contribution in [3.63, 3.8) is 0 Å². The number of halogens is 1. The molecule has 0 radical (unpaired) electrons. The molecule has 1 aromatic carbocycles. The average molecular weight is 450 g/mol. The van der Waals surface area contributed by atoms with Crippen molar-refractivity contribution in [3.8, 4) is 0 Å². The van der Waals surface area contributed by atoms with Gasteiger partial charge in [-0.1, -0.05) is 41.4 Å². The number of amides is 4. The van der Waals surface area contributed by atoms with Gasteiger partial charge in [-0.3, -0.25) is 14.5 Å². The predicted molar refractivity (Wildman–Crippen MR) is 111 cm³/mol. The summed E-state index contributed by atoms with van der Waals surface area (Å²) in [5.74, 6) is 0.0577. The van der Waals surface area contributed by atoms with Gasteiger partial charge < -0.3 is 10.6 Å². The summed E-state index contributed by atoms with van der Waals surface area (Å²) >= 11 is 3.40. The number of carbonyl (C=O) groups is 3. The molecule has 6 nitrogen and oxygen atoms in total. The third kappa shape index (κ3) is 4.57. The Morgan fingerprint density at radius 3 is 2.54 bits per heavy atom. The van der Waals surface area contributed by atoms with Crippen LogP contribution in [0.25, 0.3) is 0 Å². The maximum Gasteiger partial charge on any atom is 0.325 e. The van der Waals surface area contributed by atoms with Crippen molar-refractivity contribution in [1.82, 2.24) is 15.5 Å². The van der Waals surface area contributed by atoms with E-state index in [9.17, 15) is 14.4 Å². The number of benzene rings is 1. The zero-order valence-electron chi connectivity index (χ0n) is 16.5. The number of rotatable bonds is 6. The van der Waals surface area contributed by atoms with Crippen molar-refractivity contribution in [2.24, 2.45) is 5.92 Å². The highest BCUT2D eigenvalue weighted by Gasteiger charge is 2.52. The summed E-state index contributed by atoms with van der Waals surface area (Å²) in [6.45, 7) is 3.84. The van der Waals surface area contributed by atoms with Gasteiger partial charge >= 0.3 is 6.03 Å². The average Bonchev–Trinajstić information content (AvgIpc) is 2.88. The standard InChI is InChI=1S/C21H28BrN3O3/c1-3-15-8-10-21(11-9-15)19(27)25(20(28)24-21)13-18(26)23-14(2)12-16-4-6-17(22)7-5-16/h4-7,14-15H,3,8-13H2,1-2H3,(H,23,26)(H,24,28). The highest BCUT2D eigenvalue weighted by molar-refractivity contribution is 9.10. The Morgan fingerprint density at radius 2 is 1.93 bits per heavy atom. The van der Waals surface area contributed by atoms with Crippen LogP contribution in [-0.2, 0) is 16.0 Å². The van der Waals surface area contributed by atoms with Crippen LogP contribution in [0.4, 0.5) is 4.79 Å². The van der Waals surface area contributed by atoms with Gasteiger partial charge in [0.1, 0.15) is 12.1 Å². The van der Waals surface area contributed by atoms with Gasteiger partial charge in [0, 0.05) is 10.5 Å². The highest BCUT2D eigenvalue weighted by Crippen LogP contribution is 2.37. The molecule has 2 aliphatic rings. The van der Waals surface area contributed by atoms with Gasteiger partial charge in [-0.2, -0.15) is 0 Å². The Kier molecular flexibility index (Phi) is 6.43. The minimum atomic E-state index is -0.800. The van der Waals surface area contributed by atoms with E-state index in [4.69, 9.17) is 0 Å². The van der Waals surface area contributed by atoms with Gasteiger partial charge in [0.25, 0.3) is 5.91 Å². The molecule has 0 aromatic heterocycles. The van der Waals surface area contributed by atoms with E-state index < -0.39 is 11.6 Å². The molecule has 1 aliphatic carbocycles. The minimum Gasteiger partial charge on any atom is -0.352 e. The molecule has 3 rings (SSSR count). The fraction of sp³-hybridized carbons (Fsp3) is 0.571. The van der Waals surface area contributed by atoms with Crippen molar-refractivity contribution in [2.75, 3.05) is 6.54 Å². The first-order valence-corrected chi connectivity index (χ1v) is 10.8. The highest BCUT2D eigenvalue weighted by atomic mass is 79.9. The van der Waals surface area contributed by atoms with E-state index in [0.717, 1.165) is 34.2 Å². The topological polar surface area (TPSA) is 78.5 Å². The second kappa shape index (κ2) is 8.64. The van der Waals surface area contributed by atoms with Crippen LogP contribution in [0.15, 0.2) is 28.7 Å². The van der Waals surface area contributed by atoms with E-state index in [1.165, 1.54) is 0 Å². The van der Waals surface area contributed by atoms with Crippen LogP contribution in [0.5, 0.6) is 0 Å². The first-order chi connectivity index (χ1) is 13.3. The van der Waals surface area contributed by atoms with Crippen LogP contribution < -0.4 is 10.6 Å². The lowest BCUT2D eigenvalue weighted by Gasteiger charge is -2.34. The second-order valence-electron chi connectivity index (χ2n) is 8.05. The van der Waals surface area contributed by atoms with E-state index in [-0.39, 0.29) is 24.4 Å². The number of imide groups is 1. The van der Waals surface area contributed by atoms with Crippen LogP contribution in [0.3, 0.4) is 0 Å². The Labute approximate surface area is 174 Å². The number of carbonyl (C=O) groups excluding carboxylic acids is 3. The van der Waals surface area contributed by atoms with Gasteiger partial charge in [0.05, 0.1) is 0 Å². The molecule has 1 spiro atoms. The van der Waals surface area contributed by atoms with E-state index >= 15 is 0 Å². The van der Waals surface area contributed by atoms with Gasteiger partial charge in [0.2, 0.25) is 5.91 Å². The summed E-state index contributed by atoms with van der Waals surface area (Å²) in [4.78, 5) is 38.8. The summed E-state index contributed by atoms with van der Waals surface area (Å²) in [7, 11) is 0. The lowest BCUT2D eigenvalue weighted by Crippen LogP contribution is -2.50. The van der Waals surface area contributed by atoms with Crippen molar-refractivity contribution in [2.45, 2.75) is 64.0 Å². The lowest BCUT2D eigenvalue weighted by molar-refractivity contribution is -0.136. The van der Waals surface area contributed by atoms with Crippen LogP contribution in [-0.4, -0.2) is 40.9 Å². The smallest absolute Gasteiger partial charge is 0.325 e. The molecular weight excluding hydrogens is 422 g/mol. The lowest BCUT2D eigenvalue weighted by atomic mass is 9.75. The van der Waals surface area contributed by atoms with Gasteiger partial charge in [0.15, 0.2) is 0 Å². The monoisotopic (exact) mass is 449 g/mol. The Morgan fingerprint density at radius 1 is 1.29 bits per heavy atom. The molecule has 1 saturated heterocycles. The van der Waals surface area contributed by atoms with Crippen molar-refractivity contribution in [3.05, 3.63) is 34.3 Å². The quantitative estimate of drug-likeness (QED) is 0.653. The Hall–Kier alpha value is -1.89. The normalized spacial score (nSPS) is 25.7. The third-order valence-corrected chi connectivity index (χ3v) is 6.47. The number of urea groups is 1. The third-order valence-electron chi connectivity index (χ3n) is 5.95. The minimum absolute atomic E-state index is 0.0941. The molecule has 1 atom stereocenters. The SMILES string of the molecule is CCC1CCC2(CC1)NC(=O)N(CC(=O)NC(C)Cc1ccc(Br)cc1)C2=O. The van der Waals surface area contributed by atoms with E-state index in [1.54, 1.807) is 0 Å². The summed E-state index contributed by atoms with van der Waals surface area (Å²) in [5.41, 5.74) is 0.309. The molecule has 1 unspecified atom stereocenters. The maximum atomic E-state index is 12.9. The number of hydrogen-bond acceptors (Lipinski definition) is 3. The van der Waals surface area contributed by atoms with Crippen LogP contribution in [0, 0.1) is 5.92 Å². The van der Waals surface area contributed by atoms with E-state index in [2.05, 4.69) is 33.5 Å². The molecule has 0 bridgehead atoms. The molecule has 28 heavy (non-hydrogen) atoms. The van der Waals surface area contributed by atoms with Crippen LogP contribution in [0.2, 0.25) is 0 Å². The zero-order valence-corrected chi connectivity index (χ0v) is 18.0. The van der Waals surface area contributed by atoms with Crippen molar-refractivity contribution >= 4 is 33.8 Å². The molecule has 7 heteroatoms. The maximum absolute atomic E-state index is 12.9. The van der Waals surface area contributed by atoms with Crippen LogP contribution >= 0.6 is 15.9 Å². The van der Waals surface area contributed by atoms with Crippen molar-refractivity contribution in [1.29, 1.82) is 0 Å². The predicted octanol–water partition coefficient (Wildman–Crippen LogP) is 3.39. The largest absolute Gasteiger partial charge is 0.352 e. The van der Waals surface area contributed by atoms with Crippen LogP contribution in [0.1, 0.15) is 51.5 Å². The molecule has 1 aliphatic heterocycles. The first kappa shape index (κ1) is 20.8. The van der Waals surface area contributed by atoms with E-state index in [0.29, 0.717) is 25.2 Å². The summed E-state index contributed by atoms with van der Waals surface area (Å²) in [5, 5.41) is 5.76.